The zero-order valence-corrected chi connectivity index (χ0v) is 14.2. The van der Waals surface area contributed by atoms with Gasteiger partial charge in [-0.25, -0.2) is 0 Å². The van der Waals surface area contributed by atoms with E-state index in [4.69, 9.17) is 10.5 Å². The molecule has 2 rings (SSSR count). The Balaban J connectivity index is 2.10. The molecule has 0 aromatic carbocycles. The van der Waals surface area contributed by atoms with E-state index in [2.05, 4.69) is 20.8 Å². The molecule has 2 atom stereocenters. The van der Waals surface area contributed by atoms with Crippen LogP contribution in [-0.2, 0) is 9.53 Å². The van der Waals surface area contributed by atoms with Gasteiger partial charge < -0.3 is 15.4 Å². The topological polar surface area (TPSA) is 55.6 Å². The van der Waals surface area contributed by atoms with E-state index in [1.165, 1.54) is 19.3 Å². The number of hydrogen-bond donors (Lipinski definition) is 1. The molecular weight excluding hydrogens is 264 g/mol. The van der Waals surface area contributed by atoms with Crippen molar-refractivity contribution in [2.45, 2.75) is 83.9 Å². The van der Waals surface area contributed by atoms with Crippen LogP contribution >= 0.6 is 0 Å². The van der Waals surface area contributed by atoms with Gasteiger partial charge in [-0.05, 0) is 26.7 Å². The van der Waals surface area contributed by atoms with Crippen LogP contribution in [0.3, 0.4) is 0 Å². The highest BCUT2D eigenvalue weighted by Crippen LogP contribution is 2.51. The molecule has 0 heterocycles. The molecule has 4 heteroatoms. The van der Waals surface area contributed by atoms with Gasteiger partial charge in [-0.3, -0.25) is 4.79 Å². The smallest absolute Gasteiger partial charge is 0.243 e. The van der Waals surface area contributed by atoms with Crippen LogP contribution in [0, 0.1) is 5.41 Å². The van der Waals surface area contributed by atoms with E-state index in [-0.39, 0.29) is 17.4 Å². The lowest BCUT2D eigenvalue weighted by atomic mass is 9.54. The first-order valence-corrected chi connectivity index (χ1v) is 8.60. The molecule has 21 heavy (non-hydrogen) atoms. The van der Waals surface area contributed by atoms with Crippen molar-refractivity contribution >= 4 is 5.91 Å². The van der Waals surface area contributed by atoms with Gasteiger partial charge in [0.2, 0.25) is 5.91 Å². The molecule has 0 aromatic heterocycles. The van der Waals surface area contributed by atoms with Crippen LogP contribution in [0.25, 0.3) is 0 Å². The molecule has 0 bridgehead atoms. The van der Waals surface area contributed by atoms with Crippen molar-refractivity contribution in [3.05, 3.63) is 0 Å². The number of nitrogens with zero attached hydrogens (tertiary/aromatic N) is 1. The third-order valence-electron chi connectivity index (χ3n) is 5.83. The molecule has 0 saturated heterocycles. The number of hydrogen-bond acceptors (Lipinski definition) is 3. The van der Waals surface area contributed by atoms with E-state index in [1.54, 1.807) is 0 Å². The van der Waals surface area contributed by atoms with Crippen molar-refractivity contribution in [1.29, 1.82) is 0 Å². The van der Waals surface area contributed by atoms with Crippen molar-refractivity contribution in [3.8, 4) is 0 Å². The standard InChI is InChI=1S/C17H32N2O2/c1-5-19(13-10-8-7-9-11-13)15(20)17(18)12-14(21-6-2)16(17,3)4/h13-14H,5-12,18H2,1-4H3. The van der Waals surface area contributed by atoms with Gasteiger partial charge in [-0.15, -0.1) is 0 Å². The second kappa shape index (κ2) is 6.25. The zero-order valence-electron chi connectivity index (χ0n) is 14.2. The van der Waals surface area contributed by atoms with E-state index in [9.17, 15) is 4.79 Å². The van der Waals surface area contributed by atoms with Crippen molar-refractivity contribution < 1.29 is 9.53 Å². The Morgan fingerprint density at radius 3 is 2.33 bits per heavy atom. The average molecular weight is 296 g/mol. The van der Waals surface area contributed by atoms with Crippen molar-refractivity contribution in [2.75, 3.05) is 13.2 Å². The molecule has 122 valence electrons. The van der Waals surface area contributed by atoms with Crippen LogP contribution in [0.15, 0.2) is 0 Å². The van der Waals surface area contributed by atoms with E-state index in [0.717, 1.165) is 19.4 Å². The van der Waals surface area contributed by atoms with E-state index in [1.807, 2.05) is 11.8 Å². The molecule has 2 saturated carbocycles. The van der Waals surface area contributed by atoms with Crippen LogP contribution in [0.4, 0.5) is 0 Å². The van der Waals surface area contributed by atoms with Gasteiger partial charge in [0.05, 0.1) is 6.10 Å². The summed E-state index contributed by atoms with van der Waals surface area (Å²) in [7, 11) is 0. The van der Waals surface area contributed by atoms with Gasteiger partial charge in [0.25, 0.3) is 0 Å². The van der Waals surface area contributed by atoms with Gasteiger partial charge in [-0.1, -0.05) is 33.1 Å². The quantitative estimate of drug-likeness (QED) is 0.848. The number of rotatable bonds is 5. The number of ether oxygens (including phenoxy) is 1. The van der Waals surface area contributed by atoms with E-state index >= 15 is 0 Å². The largest absolute Gasteiger partial charge is 0.378 e. The highest BCUT2D eigenvalue weighted by atomic mass is 16.5. The highest BCUT2D eigenvalue weighted by Gasteiger charge is 2.64. The maximum absolute atomic E-state index is 13.1. The maximum Gasteiger partial charge on any atom is 0.243 e. The summed E-state index contributed by atoms with van der Waals surface area (Å²) in [5.74, 6) is 0.137. The summed E-state index contributed by atoms with van der Waals surface area (Å²) < 4.78 is 5.75. The molecule has 2 aliphatic carbocycles. The number of carbonyl (C=O) groups is 1. The Morgan fingerprint density at radius 2 is 1.86 bits per heavy atom. The first kappa shape index (κ1) is 16.8. The van der Waals surface area contributed by atoms with E-state index in [0.29, 0.717) is 19.1 Å². The predicted molar refractivity (Wildman–Crippen MR) is 85.0 cm³/mol. The summed E-state index contributed by atoms with van der Waals surface area (Å²) in [5, 5.41) is 0. The fourth-order valence-electron chi connectivity index (χ4n) is 4.01. The van der Waals surface area contributed by atoms with Gasteiger partial charge in [-0.2, -0.15) is 0 Å². The molecule has 4 nitrogen and oxygen atoms in total. The summed E-state index contributed by atoms with van der Waals surface area (Å²) >= 11 is 0. The summed E-state index contributed by atoms with van der Waals surface area (Å²) in [6, 6.07) is 0.388. The number of carbonyl (C=O) groups excluding carboxylic acids is 1. The average Bonchev–Trinajstić information content (AvgIpc) is 2.48. The third-order valence-corrected chi connectivity index (χ3v) is 5.83. The fourth-order valence-corrected chi connectivity index (χ4v) is 4.01. The first-order chi connectivity index (χ1) is 9.88. The molecule has 2 N–H and O–H groups in total. The number of likely N-dealkylation sites (N-methyl/N-ethyl adjacent to an activating group) is 1. The highest BCUT2D eigenvalue weighted by molar-refractivity contribution is 5.89. The molecule has 0 aromatic rings. The van der Waals surface area contributed by atoms with Gasteiger partial charge in [0.15, 0.2) is 0 Å². The summed E-state index contributed by atoms with van der Waals surface area (Å²) in [6.07, 6.45) is 6.77. The molecule has 2 fully saturated rings. The minimum Gasteiger partial charge on any atom is -0.378 e. The van der Waals surface area contributed by atoms with Gasteiger partial charge in [0.1, 0.15) is 5.54 Å². The minimum absolute atomic E-state index is 0.0986. The molecule has 0 radical (unpaired) electrons. The van der Waals surface area contributed by atoms with Crippen LogP contribution in [0.5, 0.6) is 0 Å². The van der Waals surface area contributed by atoms with Crippen molar-refractivity contribution in [3.63, 3.8) is 0 Å². The molecule has 2 aliphatic rings. The number of nitrogens with two attached hydrogens (primary N) is 1. The Labute approximate surface area is 129 Å². The Bertz CT molecular complexity index is 377. The normalized spacial score (nSPS) is 32.5. The predicted octanol–water partition coefficient (Wildman–Crippen LogP) is 2.70. The minimum atomic E-state index is -0.764. The van der Waals surface area contributed by atoms with Crippen LogP contribution in [0.1, 0.15) is 66.2 Å². The third kappa shape index (κ3) is 2.72. The number of amides is 1. The van der Waals surface area contributed by atoms with Gasteiger partial charge in [0, 0.05) is 31.0 Å². The first-order valence-electron chi connectivity index (χ1n) is 8.60. The zero-order chi connectivity index (χ0) is 15.7. The Kier molecular flexibility index (Phi) is 4.99. The molecule has 1 amide bonds. The summed E-state index contributed by atoms with van der Waals surface area (Å²) in [5.41, 5.74) is 5.50. The lowest BCUT2D eigenvalue weighted by Gasteiger charge is -2.59. The molecular formula is C17H32N2O2. The fraction of sp³-hybridized carbons (Fsp3) is 0.941. The lowest BCUT2D eigenvalue weighted by molar-refractivity contribution is -0.181. The molecule has 0 spiro atoms. The van der Waals surface area contributed by atoms with Crippen LogP contribution in [0.2, 0.25) is 0 Å². The Morgan fingerprint density at radius 1 is 1.24 bits per heavy atom. The van der Waals surface area contributed by atoms with Crippen LogP contribution in [-0.4, -0.2) is 41.6 Å². The second-order valence-corrected chi connectivity index (χ2v) is 7.22. The summed E-state index contributed by atoms with van der Waals surface area (Å²) in [4.78, 5) is 15.1. The SMILES string of the molecule is CCOC1CC(N)(C(=O)N(CC)C2CCCCC2)C1(C)C. The monoisotopic (exact) mass is 296 g/mol. The van der Waals surface area contributed by atoms with Crippen molar-refractivity contribution in [1.82, 2.24) is 4.90 Å². The maximum atomic E-state index is 13.1. The summed E-state index contributed by atoms with van der Waals surface area (Å²) in [6.45, 7) is 9.65. The van der Waals surface area contributed by atoms with E-state index < -0.39 is 5.54 Å². The van der Waals surface area contributed by atoms with Crippen molar-refractivity contribution in [2.24, 2.45) is 11.1 Å². The lowest BCUT2D eigenvalue weighted by Crippen LogP contribution is -2.76. The van der Waals surface area contributed by atoms with Gasteiger partial charge >= 0.3 is 0 Å². The molecule has 0 aliphatic heterocycles. The second-order valence-electron chi connectivity index (χ2n) is 7.22. The Hall–Kier alpha value is -0.610. The van der Waals surface area contributed by atoms with Crippen LogP contribution < -0.4 is 5.73 Å². The molecule has 2 unspecified atom stereocenters.